The lowest BCUT2D eigenvalue weighted by molar-refractivity contribution is 0.281. The summed E-state index contributed by atoms with van der Waals surface area (Å²) in [6.07, 6.45) is 1.08. The molecular formula is C8H5F2NO2. The molecule has 0 aliphatic heterocycles. The van der Waals surface area contributed by atoms with E-state index in [2.05, 4.69) is 4.99 Å². The lowest BCUT2D eigenvalue weighted by Gasteiger charge is -2.01. The molecule has 3 nitrogen and oxygen atoms in total. The second kappa shape index (κ2) is 3.89. The van der Waals surface area contributed by atoms with Crippen LogP contribution in [0.2, 0.25) is 0 Å². The molecule has 1 N–H and O–H groups in total. The van der Waals surface area contributed by atoms with Gasteiger partial charge in [-0.25, -0.2) is 13.6 Å². The van der Waals surface area contributed by atoms with Crippen molar-refractivity contribution in [2.24, 2.45) is 4.99 Å². The zero-order valence-corrected chi connectivity index (χ0v) is 6.42. The average Bonchev–Trinajstić information content (AvgIpc) is 2.14. The van der Waals surface area contributed by atoms with E-state index in [0.717, 1.165) is 18.2 Å². The van der Waals surface area contributed by atoms with E-state index >= 15 is 0 Å². The van der Waals surface area contributed by atoms with Crippen LogP contribution in [0, 0.1) is 11.6 Å². The predicted octanol–water partition coefficient (Wildman–Crippen LogP) is 1.42. The van der Waals surface area contributed by atoms with Crippen LogP contribution in [-0.2, 0) is 11.4 Å². The highest BCUT2D eigenvalue weighted by atomic mass is 19.2. The van der Waals surface area contributed by atoms with Crippen molar-refractivity contribution in [1.82, 2.24) is 0 Å². The summed E-state index contributed by atoms with van der Waals surface area (Å²) >= 11 is 0. The first-order valence-electron chi connectivity index (χ1n) is 3.36. The number of aliphatic imine (C=N–C) groups is 1. The summed E-state index contributed by atoms with van der Waals surface area (Å²) in [5.41, 5.74) is -0.459. The largest absolute Gasteiger partial charge is 0.392 e. The van der Waals surface area contributed by atoms with Gasteiger partial charge in [-0.05, 0) is 6.07 Å². The maximum atomic E-state index is 12.9. The van der Waals surface area contributed by atoms with Gasteiger partial charge in [0.05, 0.1) is 6.61 Å². The van der Waals surface area contributed by atoms with Gasteiger partial charge in [0, 0.05) is 5.56 Å². The van der Waals surface area contributed by atoms with E-state index in [9.17, 15) is 13.6 Å². The molecule has 0 heterocycles. The van der Waals surface area contributed by atoms with Crippen molar-refractivity contribution in [1.29, 1.82) is 0 Å². The van der Waals surface area contributed by atoms with Crippen LogP contribution >= 0.6 is 0 Å². The Morgan fingerprint density at radius 3 is 2.69 bits per heavy atom. The SMILES string of the molecule is O=C=Nc1c(CO)ccc(F)c1F. The van der Waals surface area contributed by atoms with Crippen LogP contribution in [0.15, 0.2) is 17.1 Å². The third-order valence-corrected chi connectivity index (χ3v) is 1.48. The Labute approximate surface area is 72.3 Å². The number of nitrogens with zero attached hydrogens (tertiary/aromatic N) is 1. The second-order valence-corrected chi connectivity index (χ2v) is 2.23. The van der Waals surface area contributed by atoms with Crippen LogP contribution in [0.1, 0.15) is 5.56 Å². The molecule has 0 radical (unpaired) electrons. The van der Waals surface area contributed by atoms with Gasteiger partial charge >= 0.3 is 0 Å². The number of hydrogen-bond acceptors (Lipinski definition) is 3. The van der Waals surface area contributed by atoms with Gasteiger partial charge in [-0.2, -0.15) is 4.99 Å². The lowest BCUT2D eigenvalue weighted by atomic mass is 10.2. The first-order valence-corrected chi connectivity index (χ1v) is 3.36. The summed E-state index contributed by atoms with van der Waals surface area (Å²) in [7, 11) is 0. The average molecular weight is 185 g/mol. The topological polar surface area (TPSA) is 49.7 Å². The first-order chi connectivity index (χ1) is 6.20. The maximum Gasteiger partial charge on any atom is 0.240 e. The Bertz CT molecular complexity index is 373. The standard InChI is InChI=1S/C8H5F2NO2/c9-6-2-1-5(3-12)8(7(6)10)11-4-13/h1-2,12H,3H2. The molecule has 0 amide bonds. The summed E-state index contributed by atoms with van der Waals surface area (Å²) < 4.78 is 25.4. The van der Waals surface area contributed by atoms with Crippen molar-refractivity contribution in [3.8, 4) is 0 Å². The normalized spacial score (nSPS) is 9.46. The number of isocyanates is 1. The van der Waals surface area contributed by atoms with Gasteiger partial charge in [-0.15, -0.1) is 0 Å². The minimum Gasteiger partial charge on any atom is -0.392 e. The highest BCUT2D eigenvalue weighted by molar-refractivity contribution is 5.54. The van der Waals surface area contributed by atoms with E-state index in [0.29, 0.717) is 0 Å². The zero-order valence-electron chi connectivity index (χ0n) is 6.42. The van der Waals surface area contributed by atoms with Crippen molar-refractivity contribution in [3.63, 3.8) is 0 Å². The van der Waals surface area contributed by atoms with Crippen LogP contribution in [0.5, 0.6) is 0 Å². The number of aliphatic hydroxyl groups is 1. The Morgan fingerprint density at radius 2 is 2.15 bits per heavy atom. The molecule has 0 unspecified atom stereocenters. The van der Waals surface area contributed by atoms with Crippen molar-refractivity contribution < 1.29 is 18.7 Å². The molecule has 1 rings (SSSR count). The fourth-order valence-electron chi connectivity index (χ4n) is 0.874. The molecule has 13 heavy (non-hydrogen) atoms. The Balaban J connectivity index is 3.40. The number of halogens is 2. The zero-order chi connectivity index (χ0) is 9.84. The molecule has 0 fully saturated rings. The molecule has 0 saturated heterocycles. The van der Waals surface area contributed by atoms with Crippen molar-refractivity contribution >= 4 is 11.8 Å². The molecule has 0 aromatic heterocycles. The molecule has 0 spiro atoms. The van der Waals surface area contributed by atoms with Gasteiger partial charge < -0.3 is 5.11 Å². The van der Waals surface area contributed by atoms with Crippen LogP contribution < -0.4 is 0 Å². The Kier molecular flexibility index (Phi) is 2.84. The second-order valence-electron chi connectivity index (χ2n) is 2.23. The number of benzene rings is 1. The fourth-order valence-corrected chi connectivity index (χ4v) is 0.874. The molecule has 1 aromatic rings. The quantitative estimate of drug-likeness (QED) is 0.559. The highest BCUT2D eigenvalue weighted by Crippen LogP contribution is 2.24. The third kappa shape index (κ3) is 1.77. The molecule has 5 heteroatoms. The third-order valence-electron chi connectivity index (χ3n) is 1.48. The van der Waals surface area contributed by atoms with E-state index in [-0.39, 0.29) is 5.56 Å². The summed E-state index contributed by atoms with van der Waals surface area (Å²) in [6, 6.07) is 2.00. The van der Waals surface area contributed by atoms with Gasteiger partial charge in [-0.1, -0.05) is 6.07 Å². The predicted molar refractivity (Wildman–Crippen MR) is 40.1 cm³/mol. The van der Waals surface area contributed by atoms with Gasteiger partial charge in [0.25, 0.3) is 0 Å². The lowest BCUT2D eigenvalue weighted by Crippen LogP contribution is -1.91. The summed E-state index contributed by atoms with van der Waals surface area (Å²) in [5.74, 6) is -2.37. The summed E-state index contributed by atoms with van der Waals surface area (Å²) in [6.45, 7) is -0.516. The van der Waals surface area contributed by atoms with Gasteiger partial charge in [0.2, 0.25) is 6.08 Å². The Morgan fingerprint density at radius 1 is 1.46 bits per heavy atom. The van der Waals surface area contributed by atoms with Crippen LogP contribution in [0.25, 0.3) is 0 Å². The van der Waals surface area contributed by atoms with Crippen molar-refractivity contribution in [3.05, 3.63) is 29.3 Å². The number of aliphatic hydroxyl groups excluding tert-OH is 1. The van der Waals surface area contributed by atoms with Crippen molar-refractivity contribution in [2.75, 3.05) is 0 Å². The fraction of sp³-hybridized carbons (Fsp3) is 0.125. The van der Waals surface area contributed by atoms with Crippen LogP contribution in [0.3, 0.4) is 0 Å². The molecule has 0 aliphatic rings. The van der Waals surface area contributed by atoms with Crippen molar-refractivity contribution in [2.45, 2.75) is 6.61 Å². The van der Waals surface area contributed by atoms with Gasteiger partial charge in [0.15, 0.2) is 11.6 Å². The van der Waals surface area contributed by atoms with Gasteiger partial charge in [-0.3, -0.25) is 0 Å². The molecule has 0 atom stereocenters. The molecule has 1 aromatic carbocycles. The number of hydrogen-bond donors (Lipinski definition) is 1. The van der Waals surface area contributed by atoms with Crippen LogP contribution in [-0.4, -0.2) is 11.2 Å². The van der Waals surface area contributed by atoms with E-state index in [1.165, 1.54) is 0 Å². The number of rotatable bonds is 2. The molecule has 0 aliphatic carbocycles. The summed E-state index contributed by atoms with van der Waals surface area (Å²) in [5, 5.41) is 8.68. The first kappa shape index (κ1) is 9.51. The summed E-state index contributed by atoms with van der Waals surface area (Å²) in [4.78, 5) is 12.8. The minimum absolute atomic E-state index is 0.0438. The number of carbonyl (C=O) groups excluding carboxylic acids is 1. The smallest absolute Gasteiger partial charge is 0.240 e. The Hall–Kier alpha value is -1.58. The molecule has 0 saturated carbocycles. The monoisotopic (exact) mass is 185 g/mol. The van der Waals surface area contributed by atoms with E-state index in [1.807, 2.05) is 0 Å². The molecular weight excluding hydrogens is 180 g/mol. The van der Waals surface area contributed by atoms with Gasteiger partial charge in [0.1, 0.15) is 5.69 Å². The van der Waals surface area contributed by atoms with E-state index < -0.39 is 23.9 Å². The van der Waals surface area contributed by atoms with E-state index in [4.69, 9.17) is 5.11 Å². The maximum absolute atomic E-state index is 12.9. The molecule has 0 bridgehead atoms. The van der Waals surface area contributed by atoms with E-state index in [1.54, 1.807) is 0 Å². The molecule has 68 valence electrons. The van der Waals surface area contributed by atoms with Crippen LogP contribution in [0.4, 0.5) is 14.5 Å². The minimum atomic E-state index is -1.25. The highest BCUT2D eigenvalue weighted by Gasteiger charge is 2.11.